The summed E-state index contributed by atoms with van der Waals surface area (Å²) in [4.78, 5) is 28.0. The lowest BCUT2D eigenvalue weighted by Crippen LogP contribution is -2.49. The molecular weight excluding hydrogens is 463 g/mol. The minimum Gasteiger partial charge on any atom is -0.454 e. The Balaban J connectivity index is 1.78. The van der Waals surface area contributed by atoms with E-state index in [1.54, 1.807) is 23.1 Å². The summed E-state index contributed by atoms with van der Waals surface area (Å²) >= 11 is 12.8. The molecule has 0 saturated heterocycles. The summed E-state index contributed by atoms with van der Waals surface area (Å²) in [6.45, 7) is 4.91. The van der Waals surface area contributed by atoms with Gasteiger partial charge in [0.05, 0.1) is 0 Å². The van der Waals surface area contributed by atoms with Crippen LogP contribution in [-0.2, 0) is 22.6 Å². The van der Waals surface area contributed by atoms with Gasteiger partial charge in [-0.05, 0) is 49.1 Å². The van der Waals surface area contributed by atoms with Crippen molar-refractivity contribution in [3.8, 4) is 11.5 Å². The highest BCUT2D eigenvalue weighted by atomic mass is 35.5. The average molecular weight is 493 g/mol. The Hall–Kier alpha value is -2.44. The third kappa shape index (κ3) is 6.55. The Bertz CT molecular complexity index is 963. The minimum atomic E-state index is -0.613. The van der Waals surface area contributed by atoms with Gasteiger partial charge in [-0.15, -0.1) is 0 Å². The number of benzene rings is 2. The maximum Gasteiger partial charge on any atom is 0.242 e. The highest BCUT2D eigenvalue weighted by molar-refractivity contribution is 6.36. The highest BCUT2D eigenvalue weighted by Crippen LogP contribution is 2.33. The molecule has 178 valence electrons. The number of unbranched alkanes of at least 4 members (excludes halogenated alkanes) is 1. The van der Waals surface area contributed by atoms with E-state index >= 15 is 0 Å². The Morgan fingerprint density at radius 2 is 1.82 bits per heavy atom. The van der Waals surface area contributed by atoms with Crippen LogP contribution in [0, 0.1) is 0 Å². The second-order valence-corrected chi connectivity index (χ2v) is 8.79. The summed E-state index contributed by atoms with van der Waals surface area (Å²) in [5.41, 5.74) is 1.60. The molecule has 1 aliphatic heterocycles. The molecule has 2 aromatic carbocycles. The van der Waals surface area contributed by atoms with E-state index in [1.165, 1.54) is 0 Å². The summed E-state index contributed by atoms with van der Waals surface area (Å²) in [5.74, 6) is 1.09. The number of ether oxygens (including phenoxy) is 2. The van der Waals surface area contributed by atoms with Crippen molar-refractivity contribution in [1.82, 2.24) is 10.2 Å². The zero-order valence-electron chi connectivity index (χ0n) is 19.0. The van der Waals surface area contributed by atoms with Crippen LogP contribution < -0.4 is 14.8 Å². The zero-order chi connectivity index (χ0) is 23.8. The number of aryl methyl sites for hydroxylation is 1. The van der Waals surface area contributed by atoms with Crippen LogP contribution in [0.15, 0.2) is 36.4 Å². The maximum absolute atomic E-state index is 13.4. The first-order chi connectivity index (χ1) is 15.9. The van der Waals surface area contributed by atoms with Gasteiger partial charge in [-0.2, -0.15) is 0 Å². The largest absolute Gasteiger partial charge is 0.454 e. The van der Waals surface area contributed by atoms with E-state index in [9.17, 15) is 9.59 Å². The van der Waals surface area contributed by atoms with Crippen molar-refractivity contribution in [2.45, 2.75) is 58.5 Å². The minimum absolute atomic E-state index is 0.138. The summed E-state index contributed by atoms with van der Waals surface area (Å²) in [7, 11) is 0. The smallest absolute Gasteiger partial charge is 0.242 e. The topological polar surface area (TPSA) is 67.9 Å². The molecule has 1 atom stereocenters. The first-order valence-electron chi connectivity index (χ1n) is 11.3. The second-order valence-electron chi connectivity index (χ2n) is 7.98. The number of hydrogen-bond donors (Lipinski definition) is 1. The molecule has 1 N–H and O–H groups in total. The molecular formula is C25H30Cl2N2O4. The standard InChI is InChI=1S/C25H30Cl2N2O4/c1-3-5-13-28-25(31)21(4-2)29(15-18-19(26)7-6-8-20(18)27)24(30)12-10-17-9-11-22-23(14-17)33-16-32-22/h6-9,11,14,21H,3-5,10,12-13,15-16H2,1-2H3,(H,28,31)/t21-/m0/s1. The van der Waals surface area contributed by atoms with Gasteiger partial charge in [0.25, 0.3) is 0 Å². The number of nitrogens with zero attached hydrogens (tertiary/aromatic N) is 1. The van der Waals surface area contributed by atoms with E-state index in [0.717, 1.165) is 18.4 Å². The van der Waals surface area contributed by atoms with Crippen LogP contribution in [0.3, 0.4) is 0 Å². The van der Waals surface area contributed by atoms with Crippen LogP contribution in [-0.4, -0.2) is 36.1 Å². The molecule has 0 saturated carbocycles. The molecule has 2 amide bonds. The lowest BCUT2D eigenvalue weighted by molar-refractivity contribution is -0.141. The van der Waals surface area contributed by atoms with Crippen LogP contribution in [0.5, 0.6) is 11.5 Å². The normalized spacial score (nSPS) is 13.0. The first kappa shape index (κ1) is 25.2. The van der Waals surface area contributed by atoms with Crippen molar-refractivity contribution < 1.29 is 19.1 Å². The van der Waals surface area contributed by atoms with Crippen molar-refractivity contribution in [1.29, 1.82) is 0 Å². The molecule has 1 aliphatic rings. The van der Waals surface area contributed by atoms with Gasteiger partial charge in [0.2, 0.25) is 18.6 Å². The van der Waals surface area contributed by atoms with E-state index in [1.807, 2.05) is 25.1 Å². The van der Waals surface area contributed by atoms with Crippen LogP contribution in [0.2, 0.25) is 10.0 Å². The van der Waals surface area contributed by atoms with Gasteiger partial charge in [0, 0.05) is 35.1 Å². The van der Waals surface area contributed by atoms with E-state index < -0.39 is 6.04 Å². The lowest BCUT2D eigenvalue weighted by Gasteiger charge is -2.31. The van der Waals surface area contributed by atoms with Gasteiger partial charge in [-0.3, -0.25) is 9.59 Å². The first-order valence-corrected chi connectivity index (χ1v) is 12.1. The predicted octanol–water partition coefficient (Wildman–Crippen LogP) is 5.38. The van der Waals surface area contributed by atoms with Crippen LogP contribution >= 0.6 is 23.2 Å². The Kier molecular flexibility index (Phi) is 9.27. The van der Waals surface area contributed by atoms with Crippen molar-refractivity contribution in [2.24, 2.45) is 0 Å². The van der Waals surface area contributed by atoms with Crippen molar-refractivity contribution in [3.05, 3.63) is 57.6 Å². The molecule has 0 bridgehead atoms. The molecule has 0 aliphatic carbocycles. The van der Waals surface area contributed by atoms with Crippen LogP contribution in [0.1, 0.15) is 50.7 Å². The molecule has 3 rings (SSSR count). The number of carbonyl (C=O) groups excluding carboxylic acids is 2. The van der Waals surface area contributed by atoms with Gasteiger partial charge < -0.3 is 19.7 Å². The number of hydrogen-bond acceptors (Lipinski definition) is 4. The van der Waals surface area contributed by atoms with Crippen molar-refractivity contribution in [2.75, 3.05) is 13.3 Å². The number of carbonyl (C=O) groups is 2. The maximum atomic E-state index is 13.4. The number of amides is 2. The summed E-state index contributed by atoms with van der Waals surface area (Å²) in [5, 5.41) is 3.90. The van der Waals surface area contributed by atoms with E-state index in [0.29, 0.717) is 46.5 Å². The molecule has 6 nitrogen and oxygen atoms in total. The molecule has 0 unspecified atom stereocenters. The number of halogens is 2. The fraction of sp³-hybridized carbons (Fsp3) is 0.440. The third-order valence-corrected chi connectivity index (χ3v) is 6.38. The molecule has 1 heterocycles. The molecule has 33 heavy (non-hydrogen) atoms. The van der Waals surface area contributed by atoms with Gasteiger partial charge in [-0.25, -0.2) is 0 Å². The van der Waals surface area contributed by atoms with E-state index in [2.05, 4.69) is 12.2 Å². The summed E-state index contributed by atoms with van der Waals surface area (Å²) in [6, 6.07) is 10.3. The highest BCUT2D eigenvalue weighted by Gasteiger charge is 2.29. The molecule has 8 heteroatoms. The van der Waals surface area contributed by atoms with Crippen molar-refractivity contribution in [3.63, 3.8) is 0 Å². The van der Waals surface area contributed by atoms with Gasteiger partial charge in [0.15, 0.2) is 11.5 Å². The van der Waals surface area contributed by atoms with Gasteiger partial charge >= 0.3 is 0 Å². The van der Waals surface area contributed by atoms with E-state index in [-0.39, 0.29) is 31.6 Å². The fourth-order valence-corrected chi connectivity index (χ4v) is 4.29. The Morgan fingerprint density at radius 1 is 1.09 bits per heavy atom. The zero-order valence-corrected chi connectivity index (χ0v) is 20.5. The van der Waals surface area contributed by atoms with Crippen molar-refractivity contribution >= 4 is 35.0 Å². The number of nitrogens with one attached hydrogen (secondary N) is 1. The average Bonchev–Trinajstić information content (AvgIpc) is 3.27. The predicted molar refractivity (Wildman–Crippen MR) is 130 cm³/mol. The van der Waals surface area contributed by atoms with Crippen LogP contribution in [0.25, 0.3) is 0 Å². The molecule has 0 radical (unpaired) electrons. The molecule has 0 spiro atoms. The number of fused-ring (bicyclic) bond motifs is 1. The molecule has 0 aromatic heterocycles. The fourth-order valence-electron chi connectivity index (χ4n) is 3.77. The van der Waals surface area contributed by atoms with Gasteiger partial charge in [-0.1, -0.05) is 55.6 Å². The van der Waals surface area contributed by atoms with Crippen LogP contribution in [0.4, 0.5) is 0 Å². The molecule has 0 fully saturated rings. The third-order valence-electron chi connectivity index (χ3n) is 5.67. The van der Waals surface area contributed by atoms with E-state index in [4.69, 9.17) is 32.7 Å². The Morgan fingerprint density at radius 3 is 2.52 bits per heavy atom. The van der Waals surface area contributed by atoms with Gasteiger partial charge in [0.1, 0.15) is 6.04 Å². The monoisotopic (exact) mass is 492 g/mol. The number of rotatable bonds is 11. The summed E-state index contributed by atoms with van der Waals surface area (Å²) in [6.07, 6.45) is 3.09. The second kappa shape index (κ2) is 12.1. The SMILES string of the molecule is CCCCNC(=O)[C@H](CC)N(Cc1c(Cl)cccc1Cl)C(=O)CCc1ccc2c(c1)OCO2. The Labute approximate surface area is 205 Å². The molecule has 2 aromatic rings. The quantitative estimate of drug-likeness (QED) is 0.427. The summed E-state index contributed by atoms with van der Waals surface area (Å²) < 4.78 is 10.8. The lowest BCUT2D eigenvalue weighted by atomic mass is 10.1.